The molecule has 0 radical (unpaired) electrons. The molecule has 1 aromatic heterocycles. The molecule has 0 aliphatic heterocycles. The molecule has 0 fully saturated rings. The number of sulfonamides is 1. The lowest BCUT2D eigenvalue weighted by atomic mass is 10.1. The Kier molecular flexibility index (Phi) is 6.17. The molecule has 7 heteroatoms. The zero-order valence-corrected chi connectivity index (χ0v) is 12.3. The molecule has 1 rings (SSSR count). The zero-order chi connectivity index (χ0) is 14.3. The van der Waals surface area contributed by atoms with Crippen molar-refractivity contribution in [3.05, 3.63) is 12.4 Å². The maximum atomic E-state index is 12.0. The van der Waals surface area contributed by atoms with E-state index in [2.05, 4.69) is 21.6 Å². The van der Waals surface area contributed by atoms with Crippen LogP contribution in [0.3, 0.4) is 0 Å². The van der Waals surface area contributed by atoms with Gasteiger partial charge in [0.05, 0.1) is 12.4 Å². The van der Waals surface area contributed by atoms with Gasteiger partial charge in [0.2, 0.25) is 16.0 Å². The average Bonchev–Trinajstić information content (AvgIpc) is 2.34. The van der Waals surface area contributed by atoms with E-state index in [9.17, 15) is 8.42 Å². The van der Waals surface area contributed by atoms with Crippen molar-refractivity contribution in [2.24, 2.45) is 0 Å². The van der Waals surface area contributed by atoms with Gasteiger partial charge in [0, 0.05) is 6.04 Å². The lowest BCUT2D eigenvalue weighted by Crippen LogP contribution is -2.32. The summed E-state index contributed by atoms with van der Waals surface area (Å²) in [7, 11) is -3.55. The lowest BCUT2D eigenvalue weighted by Gasteiger charge is -2.13. The highest BCUT2D eigenvalue weighted by Gasteiger charge is 2.17. The third-order valence-electron chi connectivity index (χ3n) is 2.81. The molecule has 0 aromatic carbocycles. The highest BCUT2D eigenvalue weighted by Crippen LogP contribution is 2.10. The summed E-state index contributed by atoms with van der Waals surface area (Å²) in [6, 6.07) is -0.0978. The minimum Gasteiger partial charge on any atom is -0.368 e. The molecule has 0 saturated carbocycles. The SMILES string of the molecule is CCCCCCC(C)NS(=O)(=O)c1cnc(N)nc1. The summed E-state index contributed by atoms with van der Waals surface area (Å²) in [6.45, 7) is 4.01. The van der Waals surface area contributed by atoms with Crippen LogP contribution in [0.2, 0.25) is 0 Å². The number of nitrogens with one attached hydrogen (secondary N) is 1. The van der Waals surface area contributed by atoms with E-state index in [0.717, 1.165) is 19.3 Å². The van der Waals surface area contributed by atoms with Crippen LogP contribution in [0.25, 0.3) is 0 Å². The first-order chi connectivity index (χ1) is 8.95. The van der Waals surface area contributed by atoms with Crippen molar-refractivity contribution in [1.29, 1.82) is 0 Å². The predicted octanol–water partition coefficient (Wildman–Crippen LogP) is 1.70. The maximum absolute atomic E-state index is 12.0. The van der Waals surface area contributed by atoms with Gasteiger partial charge in [0.25, 0.3) is 0 Å². The topological polar surface area (TPSA) is 98.0 Å². The largest absolute Gasteiger partial charge is 0.368 e. The Labute approximate surface area is 114 Å². The number of anilines is 1. The van der Waals surface area contributed by atoms with Gasteiger partial charge in [-0.25, -0.2) is 23.1 Å². The fourth-order valence-corrected chi connectivity index (χ4v) is 2.90. The van der Waals surface area contributed by atoms with Crippen LogP contribution in [-0.4, -0.2) is 24.4 Å². The van der Waals surface area contributed by atoms with Crippen LogP contribution in [0, 0.1) is 0 Å². The van der Waals surface area contributed by atoms with E-state index in [-0.39, 0.29) is 16.9 Å². The third-order valence-corrected chi connectivity index (χ3v) is 4.35. The van der Waals surface area contributed by atoms with Crippen LogP contribution < -0.4 is 10.5 Å². The van der Waals surface area contributed by atoms with Crippen molar-refractivity contribution >= 4 is 16.0 Å². The molecule has 0 amide bonds. The number of nitrogen functional groups attached to an aromatic ring is 1. The van der Waals surface area contributed by atoms with Gasteiger partial charge >= 0.3 is 0 Å². The molecule has 1 aromatic rings. The third kappa shape index (κ3) is 5.52. The summed E-state index contributed by atoms with van der Waals surface area (Å²) >= 11 is 0. The number of hydrogen-bond acceptors (Lipinski definition) is 5. The molecule has 0 saturated heterocycles. The summed E-state index contributed by atoms with van der Waals surface area (Å²) in [5.74, 6) is 0.0616. The monoisotopic (exact) mass is 286 g/mol. The molecule has 0 spiro atoms. The van der Waals surface area contributed by atoms with Crippen LogP contribution in [0.15, 0.2) is 17.3 Å². The molecule has 0 aliphatic carbocycles. The summed E-state index contributed by atoms with van der Waals surface area (Å²) in [6.07, 6.45) is 7.77. The Bertz CT molecular complexity index is 473. The minimum absolute atomic E-state index is 0.0436. The average molecular weight is 286 g/mol. The zero-order valence-electron chi connectivity index (χ0n) is 11.5. The molecule has 0 bridgehead atoms. The number of hydrogen-bond donors (Lipinski definition) is 2. The second-order valence-electron chi connectivity index (χ2n) is 4.65. The van der Waals surface area contributed by atoms with Gasteiger partial charge < -0.3 is 5.73 Å². The van der Waals surface area contributed by atoms with E-state index in [1.165, 1.54) is 25.2 Å². The van der Waals surface area contributed by atoms with E-state index >= 15 is 0 Å². The Morgan fingerprint density at radius 1 is 1.26 bits per heavy atom. The Morgan fingerprint density at radius 2 is 1.89 bits per heavy atom. The van der Waals surface area contributed by atoms with Crippen LogP contribution in [0.1, 0.15) is 46.0 Å². The first kappa shape index (κ1) is 15.8. The number of unbranched alkanes of at least 4 members (excludes halogenated alkanes) is 3. The van der Waals surface area contributed by atoms with Gasteiger partial charge in [0.1, 0.15) is 4.90 Å². The summed E-state index contributed by atoms with van der Waals surface area (Å²) in [5, 5.41) is 0. The standard InChI is InChI=1S/C12H22N4O2S/c1-3-4-5-6-7-10(2)16-19(17,18)11-8-14-12(13)15-9-11/h8-10,16H,3-7H2,1-2H3,(H2,13,14,15). The van der Waals surface area contributed by atoms with Crippen molar-refractivity contribution in [1.82, 2.24) is 14.7 Å². The van der Waals surface area contributed by atoms with E-state index in [0.29, 0.717) is 0 Å². The second-order valence-corrected chi connectivity index (χ2v) is 6.36. The number of aromatic nitrogens is 2. The van der Waals surface area contributed by atoms with Gasteiger partial charge in [-0.3, -0.25) is 0 Å². The van der Waals surface area contributed by atoms with Crippen LogP contribution >= 0.6 is 0 Å². The van der Waals surface area contributed by atoms with Gasteiger partial charge in [-0.15, -0.1) is 0 Å². The lowest BCUT2D eigenvalue weighted by molar-refractivity contribution is 0.521. The Morgan fingerprint density at radius 3 is 2.47 bits per heavy atom. The molecule has 0 aliphatic rings. The van der Waals surface area contributed by atoms with Crippen molar-refractivity contribution in [3.8, 4) is 0 Å². The molecule has 3 N–H and O–H groups in total. The smallest absolute Gasteiger partial charge is 0.243 e. The quantitative estimate of drug-likeness (QED) is 0.709. The van der Waals surface area contributed by atoms with Crippen molar-refractivity contribution in [2.75, 3.05) is 5.73 Å². The van der Waals surface area contributed by atoms with Gasteiger partial charge in [-0.1, -0.05) is 32.6 Å². The van der Waals surface area contributed by atoms with Crippen LogP contribution in [0.5, 0.6) is 0 Å². The maximum Gasteiger partial charge on any atom is 0.243 e. The van der Waals surface area contributed by atoms with Gasteiger partial charge in [-0.05, 0) is 13.3 Å². The summed E-state index contributed by atoms with van der Waals surface area (Å²) < 4.78 is 26.6. The van der Waals surface area contributed by atoms with Crippen molar-refractivity contribution < 1.29 is 8.42 Å². The molecule has 108 valence electrons. The van der Waals surface area contributed by atoms with E-state index in [1.807, 2.05) is 6.92 Å². The van der Waals surface area contributed by atoms with E-state index in [4.69, 9.17) is 5.73 Å². The summed E-state index contributed by atoms with van der Waals surface area (Å²) in [5.41, 5.74) is 5.33. The fraction of sp³-hybridized carbons (Fsp3) is 0.667. The molecule has 6 nitrogen and oxygen atoms in total. The fourth-order valence-electron chi connectivity index (χ4n) is 1.73. The predicted molar refractivity (Wildman–Crippen MR) is 75.0 cm³/mol. The number of rotatable bonds is 8. The highest BCUT2D eigenvalue weighted by atomic mass is 32.2. The van der Waals surface area contributed by atoms with Crippen molar-refractivity contribution in [2.45, 2.75) is 56.9 Å². The van der Waals surface area contributed by atoms with Gasteiger partial charge in [0.15, 0.2) is 0 Å². The number of nitrogens with zero attached hydrogens (tertiary/aromatic N) is 2. The second kappa shape index (κ2) is 7.40. The Hall–Kier alpha value is -1.21. The van der Waals surface area contributed by atoms with E-state index < -0.39 is 10.0 Å². The summed E-state index contributed by atoms with van der Waals surface area (Å²) in [4.78, 5) is 7.42. The first-order valence-electron chi connectivity index (χ1n) is 6.55. The molecule has 1 unspecified atom stereocenters. The van der Waals surface area contributed by atoms with Crippen LogP contribution in [-0.2, 0) is 10.0 Å². The normalized spacial score (nSPS) is 13.4. The number of nitrogens with two attached hydrogens (primary N) is 1. The van der Waals surface area contributed by atoms with Gasteiger partial charge in [-0.2, -0.15) is 0 Å². The molecule has 1 heterocycles. The molecular weight excluding hydrogens is 264 g/mol. The van der Waals surface area contributed by atoms with Crippen molar-refractivity contribution in [3.63, 3.8) is 0 Å². The van der Waals surface area contributed by atoms with Crippen LogP contribution in [0.4, 0.5) is 5.95 Å². The molecule has 1 atom stereocenters. The Balaban J connectivity index is 2.52. The van der Waals surface area contributed by atoms with E-state index in [1.54, 1.807) is 0 Å². The first-order valence-corrected chi connectivity index (χ1v) is 8.04. The molecule has 19 heavy (non-hydrogen) atoms. The highest BCUT2D eigenvalue weighted by molar-refractivity contribution is 7.89. The minimum atomic E-state index is -3.55. The molecular formula is C12H22N4O2S.